The number of rotatable bonds is 8. The van der Waals surface area contributed by atoms with E-state index in [9.17, 15) is 4.39 Å². The van der Waals surface area contributed by atoms with Gasteiger partial charge >= 0.3 is 5.70 Å². The molecule has 0 radical (unpaired) electrons. The van der Waals surface area contributed by atoms with Gasteiger partial charge in [0.15, 0.2) is 6.54 Å². The monoisotopic (exact) mass is 452 g/mol. The molecule has 0 aromatic heterocycles. The van der Waals surface area contributed by atoms with Gasteiger partial charge in [0.05, 0.1) is 19.4 Å². The first-order valence-electron chi connectivity index (χ1n) is 11.6. The van der Waals surface area contributed by atoms with E-state index >= 15 is 0 Å². The van der Waals surface area contributed by atoms with E-state index in [-0.39, 0.29) is 11.9 Å². The third-order valence-corrected chi connectivity index (χ3v) is 5.64. The van der Waals surface area contributed by atoms with Crippen LogP contribution in [0.25, 0.3) is 0 Å². The van der Waals surface area contributed by atoms with Crippen molar-refractivity contribution in [3.63, 3.8) is 0 Å². The average molecular weight is 453 g/mol. The van der Waals surface area contributed by atoms with Crippen molar-refractivity contribution in [3.05, 3.63) is 82.6 Å². The van der Waals surface area contributed by atoms with E-state index < -0.39 is 0 Å². The maximum Gasteiger partial charge on any atom is 0.314 e. The van der Waals surface area contributed by atoms with Crippen molar-refractivity contribution in [2.24, 2.45) is 5.73 Å². The summed E-state index contributed by atoms with van der Waals surface area (Å²) in [6.45, 7) is 11.3. The lowest BCUT2D eigenvalue weighted by Gasteiger charge is -2.27. The molecule has 33 heavy (non-hydrogen) atoms. The summed E-state index contributed by atoms with van der Waals surface area (Å²) in [7, 11) is 1.70. The highest BCUT2D eigenvalue weighted by Gasteiger charge is 2.37. The van der Waals surface area contributed by atoms with Crippen molar-refractivity contribution < 1.29 is 18.4 Å². The summed E-state index contributed by atoms with van der Waals surface area (Å²) >= 11 is 0. The van der Waals surface area contributed by atoms with Crippen molar-refractivity contribution in [2.75, 3.05) is 25.5 Å². The van der Waals surface area contributed by atoms with Crippen LogP contribution in [-0.4, -0.2) is 37.1 Å². The summed E-state index contributed by atoms with van der Waals surface area (Å²) < 4.78 is 28.0. The summed E-state index contributed by atoms with van der Waals surface area (Å²) in [6.07, 6.45) is 4.59. The number of anilines is 1. The van der Waals surface area contributed by atoms with Crippen molar-refractivity contribution in [1.29, 1.82) is 0 Å². The van der Waals surface area contributed by atoms with Gasteiger partial charge in [0.25, 0.3) is 0 Å². The molecule has 0 saturated heterocycles. The summed E-state index contributed by atoms with van der Waals surface area (Å²) in [4.78, 5) is 0. The minimum atomic E-state index is -0.288. The summed E-state index contributed by atoms with van der Waals surface area (Å²) in [5.74, 6) is 1.29. The first-order chi connectivity index (χ1) is 16.0. The lowest BCUT2D eigenvalue weighted by Crippen LogP contribution is -2.24. The minimum absolute atomic E-state index is 0.00665. The number of ether oxygens (including phenoxy) is 2. The zero-order chi connectivity index (χ0) is 24.0. The van der Waals surface area contributed by atoms with Gasteiger partial charge in [0, 0.05) is 17.7 Å². The molecule has 1 aliphatic carbocycles. The Balaban J connectivity index is 0.00000149. The van der Waals surface area contributed by atoms with Gasteiger partial charge in [-0.1, -0.05) is 32.6 Å². The van der Waals surface area contributed by atoms with E-state index in [1.807, 2.05) is 45.2 Å². The number of hydrogen-bond acceptors (Lipinski definition) is 4. The number of benzene rings is 2. The van der Waals surface area contributed by atoms with Gasteiger partial charge in [0.1, 0.15) is 17.7 Å². The van der Waals surface area contributed by atoms with Crippen LogP contribution in [0.2, 0.25) is 0 Å². The van der Waals surface area contributed by atoms with Crippen molar-refractivity contribution >= 4 is 11.9 Å². The molecule has 3 N–H and O–H groups in total. The number of allylic oxidation sites excluding steroid dienone is 1. The molecule has 2 aromatic rings. The van der Waals surface area contributed by atoms with Crippen LogP contribution in [0.15, 0.2) is 60.1 Å². The first-order valence-corrected chi connectivity index (χ1v) is 11.6. The second-order valence-electron chi connectivity index (χ2n) is 8.03. The quantitative estimate of drug-likeness (QED) is 0.440. The third kappa shape index (κ3) is 6.02. The Hall–Kier alpha value is -3.12. The fraction of sp³-hybridized carbons (Fsp3) is 0.370. The van der Waals surface area contributed by atoms with Crippen LogP contribution in [0.3, 0.4) is 0 Å². The Kier molecular flexibility index (Phi) is 8.28. The van der Waals surface area contributed by atoms with Gasteiger partial charge in [0.2, 0.25) is 12.0 Å². The number of nitrogens with two attached hydrogens (primary N) is 1. The second-order valence-corrected chi connectivity index (χ2v) is 8.03. The number of methoxy groups -OCH3 is 1. The maximum absolute atomic E-state index is 13.8. The molecular weight excluding hydrogens is 417 g/mol. The molecule has 1 unspecified atom stereocenters. The van der Waals surface area contributed by atoms with Crippen LogP contribution in [0, 0.1) is 12.7 Å². The second kappa shape index (κ2) is 11.1. The molecular formula is C27H35FN3O2+. The molecule has 2 aliphatic rings. The van der Waals surface area contributed by atoms with Crippen molar-refractivity contribution in [2.45, 2.75) is 46.1 Å². The highest BCUT2D eigenvalue weighted by Crippen LogP contribution is 2.33. The molecule has 0 fully saturated rings. The zero-order valence-corrected chi connectivity index (χ0v) is 20.1. The van der Waals surface area contributed by atoms with E-state index in [1.54, 1.807) is 7.11 Å². The van der Waals surface area contributed by atoms with E-state index in [0.29, 0.717) is 23.7 Å². The zero-order valence-electron chi connectivity index (χ0n) is 20.1. The Labute approximate surface area is 196 Å². The number of halogens is 1. The fourth-order valence-corrected chi connectivity index (χ4v) is 4.14. The predicted octanol–water partition coefficient (Wildman–Crippen LogP) is 4.94. The Morgan fingerprint density at radius 3 is 2.76 bits per heavy atom. The Morgan fingerprint density at radius 1 is 1.27 bits per heavy atom. The Bertz CT molecular complexity index is 1040. The lowest BCUT2D eigenvalue weighted by molar-refractivity contribution is -0.402. The van der Waals surface area contributed by atoms with Crippen molar-refractivity contribution in [3.8, 4) is 5.75 Å². The molecule has 1 aliphatic heterocycles. The van der Waals surface area contributed by atoms with Crippen LogP contribution in [0.4, 0.5) is 10.1 Å². The highest BCUT2D eigenvalue weighted by molar-refractivity contribution is 5.83. The van der Waals surface area contributed by atoms with Gasteiger partial charge in [-0.3, -0.25) is 0 Å². The fourth-order valence-electron chi connectivity index (χ4n) is 4.14. The van der Waals surface area contributed by atoms with E-state index in [1.165, 1.54) is 23.3 Å². The molecule has 0 saturated carbocycles. The predicted molar refractivity (Wildman–Crippen MR) is 132 cm³/mol. The lowest BCUT2D eigenvalue weighted by atomic mass is 9.89. The third-order valence-electron chi connectivity index (χ3n) is 5.64. The standard InChI is InChI=1S/C25H29FN3O2.C2H6/c1-16-11-19(26)13-20(12-16)28-17(2)25(23-15-29(23)10-9-27)31-21-8-7-18-5-4-6-24(30-3)22(18)14-21;1-2/h4-6,11-13,15,21,28H,2,7-10,14,27H2,1,3H3;1-2H3/q+1;/b25-23-;. The van der Waals surface area contributed by atoms with Gasteiger partial charge in [-0.25, -0.2) is 4.39 Å². The molecule has 176 valence electrons. The molecule has 1 heterocycles. The molecule has 0 amide bonds. The minimum Gasteiger partial charge on any atom is -0.496 e. The highest BCUT2D eigenvalue weighted by atomic mass is 19.1. The SMILES string of the molecule is C=C(Nc1cc(C)cc(F)c1)/C(OC1CCc2cccc(OC)c2C1)=C1C=[N+]\1CCN.CC. The largest absolute Gasteiger partial charge is 0.496 e. The van der Waals surface area contributed by atoms with Crippen molar-refractivity contribution in [1.82, 2.24) is 0 Å². The van der Waals surface area contributed by atoms with Crippen LogP contribution in [0.1, 0.15) is 37.0 Å². The summed E-state index contributed by atoms with van der Waals surface area (Å²) in [5.41, 5.74) is 11.3. The molecule has 0 bridgehead atoms. The number of nitrogens with one attached hydrogen (secondary N) is 1. The summed E-state index contributed by atoms with van der Waals surface area (Å²) in [6, 6.07) is 11.0. The maximum atomic E-state index is 13.8. The molecule has 0 spiro atoms. The molecule has 2 aromatic carbocycles. The van der Waals surface area contributed by atoms with Crippen LogP contribution in [0.5, 0.6) is 5.75 Å². The van der Waals surface area contributed by atoms with E-state index in [4.69, 9.17) is 15.2 Å². The van der Waals surface area contributed by atoms with Gasteiger partial charge in [-0.15, -0.1) is 0 Å². The summed E-state index contributed by atoms with van der Waals surface area (Å²) in [5, 5.41) is 3.22. The normalized spacial score (nSPS) is 17.6. The van der Waals surface area contributed by atoms with Crippen LogP contribution >= 0.6 is 0 Å². The smallest absolute Gasteiger partial charge is 0.314 e. The molecule has 1 atom stereocenters. The van der Waals surface area contributed by atoms with Gasteiger partial charge < -0.3 is 20.5 Å². The number of aryl methyl sites for hydroxylation is 2. The van der Waals surface area contributed by atoms with Gasteiger partial charge in [-0.05, 0) is 55.2 Å². The number of hydrogen-bond donors (Lipinski definition) is 2. The van der Waals surface area contributed by atoms with Gasteiger partial charge in [-0.2, -0.15) is 4.58 Å². The first kappa shape index (κ1) is 24.5. The number of fused-ring (bicyclic) bond motifs is 1. The molecule has 4 rings (SSSR count). The molecule has 6 heteroatoms. The topological polar surface area (TPSA) is 59.5 Å². The van der Waals surface area contributed by atoms with Crippen LogP contribution < -0.4 is 15.8 Å². The van der Waals surface area contributed by atoms with E-state index in [2.05, 4.69) is 22.5 Å². The molecule has 5 nitrogen and oxygen atoms in total. The Morgan fingerprint density at radius 2 is 2.06 bits per heavy atom. The van der Waals surface area contributed by atoms with E-state index in [0.717, 1.165) is 42.8 Å². The average Bonchev–Trinajstić information content (AvgIpc) is 3.56. The number of nitrogens with zero attached hydrogens (tertiary/aromatic N) is 1. The van der Waals surface area contributed by atoms with Crippen LogP contribution in [-0.2, 0) is 17.6 Å².